The fourth-order valence-electron chi connectivity index (χ4n) is 3.88. The predicted octanol–water partition coefficient (Wildman–Crippen LogP) is 1.72. The summed E-state index contributed by atoms with van der Waals surface area (Å²) in [5, 5.41) is 0. The molecule has 25 heavy (non-hydrogen) atoms. The summed E-state index contributed by atoms with van der Waals surface area (Å²) in [4.78, 5) is 9.29. The van der Waals surface area contributed by atoms with Gasteiger partial charge in [-0.15, -0.1) is 0 Å². The molecule has 1 aromatic carbocycles. The van der Waals surface area contributed by atoms with E-state index in [4.69, 9.17) is 20.2 Å². The topological polar surface area (TPSA) is 63.3 Å². The number of likely N-dealkylation sites (tertiary alicyclic amines) is 1. The first kappa shape index (κ1) is 18.0. The van der Waals surface area contributed by atoms with E-state index in [9.17, 15) is 0 Å². The molecule has 2 atom stereocenters. The van der Waals surface area contributed by atoms with Gasteiger partial charge in [0.2, 0.25) is 0 Å². The Kier molecular flexibility index (Phi) is 6.15. The summed E-state index contributed by atoms with van der Waals surface area (Å²) in [5.41, 5.74) is 7.54. The molecular weight excluding hydrogens is 316 g/mol. The van der Waals surface area contributed by atoms with Crippen molar-refractivity contribution in [3.05, 3.63) is 29.8 Å². The van der Waals surface area contributed by atoms with E-state index in [1.165, 1.54) is 18.4 Å². The number of aliphatic imine (C=N–C) groups is 1. The summed E-state index contributed by atoms with van der Waals surface area (Å²) in [6, 6.07) is 8.81. The van der Waals surface area contributed by atoms with Crippen molar-refractivity contribution in [2.45, 2.75) is 18.9 Å². The molecule has 2 saturated heterocycles. The molecule has 2 fully saturated rings. The third-order valence-electron chi connectivity index (χ3n) is 5.29. The highest BCUT2D eigenvalue weighted by Crippen LogP contribution is 2.35. The Bertz CT molecular complexity index is 569. The largest absolute Gasteiger partial charge is 0.497 e. The molecule has 138 valence electrons. The quantitative estimate of drug-likeness (QED) is 0.664. The van der Waals surface area contributed by atoms with Crippen LogP contribution < -0.4 is 10.5 Å². The highest BCUT2D eigenvalue weighted by molar-refractivity contribution is 5.78. The highest BCUT2D eigenvalue weighted by Gasteiger charge is 2.30. The Morgan fingerprint density at radius 3 is 2.64 bits per heavy atom. The molecule has 2 aliphatic heterocycles. The predicted molar refractivity (Wildman–Crippen MR) is 100.0 cm³/mol. The first-order valence-electron chi connectivity index (χ1n) is 9.16. The maximum atomic E-state index is 6.21. The van der Waals surface area contributed by atoms with Crippen LogP contribution in [0, 0.1) is 5.92 Å². The Balaban J connectivity index is 1.70. The van der Waals surface area contributed by atoms with Gasteiger partial charge in [-0.05, 0) is 50.0 Å². The molecule has 1 aromatic rings. The van der Waals surface area contributed by atoms with Crippen molar-refractivity contribution in [2.75, 3.05) is 53.6 Å². The zero-order valence-electron chi connectivity index (χ0n) is 15.4. The number of hydrogen-bond donors (Lipinski definition) is 1. The average molecular weight is 346 g/mol. The SMILES string of the molecule is COc1ccc([C@@H]2[C@@H](CN=C(N)N3CCOCC3)CCCN2C)cc1. The van der Waals surface area contributed by atoms with Crippen LogP contribution in [0.1, 0.15) is 24.4 Å². The van der Waals surface area contributed by atoms with Gasteiger partial charge in [0.25, 0.3) is 0 Å². The molecule has 0 radical (unpaired) electrons. The van der Waals surface area contributed by atoms with Crippen molar-refractivity contribution in [2.24, 2.45) is 16.6 Å². The second-order valence-corrected chi connectivity index (χ2v) is 6.90. The lowest BCUT2D eigenvalue weighted by molar-refractivity contribution is 0.0671. The van der Waals surface area contributed by atoms with Crippen LogP contribution in [-0.2, 0) is 4.74 Å². The van der Waals surface area contributed by atoms with Crippen molar-refractivity contribution in [1.29, 1.82) is 0 Å². The molecule has 3 rings (SSSR count). The van der Waals surface area contributed by atoms with Gasteiger partial charge < -0.3 is 20.1 Å². The average Bonchev–Trinajstić information content (AvgIpc) is 2.67. The minimum absolute atomic E-state index is 0.376. The van der Waals surface area contributed by atoms with Crippen LogP contribution in [0.25, 0.3) is 0 Å². The molecule has 0 bridgehead atoms. The van der Waals surface area contributed by atoms with Gasteiger partial charge >= 0.3 is 0 Å². The molecule has 0 spiro atoms. The lowest BCUT2D eigenvalue weighted by Gasteiger charge is -2.39. The van der Waals surface area contributed by atoms with E-state index in [0.29, 0.717) is 17.9 Å². The monoisotopic (exact) mass is 346 g/mol. The number of nitrogens with two attached hydrogens (primary N) is 1. The van der Waals surface area contributed by atoms with Gasteiger partial charge in [0.15, 0.2) is 5.96 Å². The van der Waals surface area contributed by atoms with Crippen LogP contribution in [0.4, 0.5) is 0 Å². The molecule has 0 amide bonds. The van der Waals surface area contributed by atoms with E-state index in [-0.39, 0.29) is 0 Å². The summed E-state index contributed by atoms with van der Waals surface area (Å²) >= 11 is 0. The van der Waals surface area contributed by atoms with Gasteiger partial charge in [0, 0.05) is 25.7 Å². The van der Waals surface area contributed by atoms with Crippen LogP contribution in [0.2, 0.25) is 0 Å². The Morgan fingerprint density at radius 1 is 1.24 bits per heavy atom. The molecule has 2 heterocycles. The first-order chi connectivity index (χ1) is 12.2. The van der Waals surface area contributed by atoms with Crippen LogP contribution >= 0.6 is 0 Å². The zero-order chi connectivity index (χ0) is 17.6. The Hall–Kier alpha value is -1.79. The van der Waals surface area contributed by atoms with Crippen molar-refractivity contribution in [3.8, 4) is 5.75 Å². The molecule has 6 nitrogen and oxygen atoms in total. The molecule has 0 unspecified atom stereocenters. The fourth-order valence-corrected chi connectivity index (χ4v) is 3.88. The van der Waals surface area contributed by atoms with Crippen molar-refractivity contribution < 1.29 is 9.47 Å². The zero-order valence-corrected chi connectivity index (χ0v) is 15.4. The number of guanidine groups is 1. The maximum absolute atomic E-state index is 6.21. The standard InChI is InChI=1S/C19H30N4O2/c1-22-9-3-4-16(14-21-19(20)23-10-12-25-13-11-23)18(22)15-5-7-17(24-2)8-6-15/h5-8,16,18H,3-4,9-14H2,1-2H3,(H2,20,21)/t16-,18-/m1/s1. The van der Waals surface area contributed by atoms with Gasteiger partial charge in [-0.25, -0.2) is 0 Å². The van der Waals surface area contributed by atoms with Crippen LogP contribution in [0.5, 0.6) is 5.75 Å². The summed E-state index contributed by atoms with van der Waals surface area (Å²) in [6.45, 7) is 5.03. The molecular formula is C19H30N4O2. The van der Waals surface area contributed by atoms with Crippen molar-refractivity contribution in [1.82, 2.24) is 9.80 Å². The fraction of sp³-hybridized carbons (Fsp3) is 0.632. The van der Waals surface area contributed by atoms with Gasteiger partial charge in [-0.1, -0.05) is 12.1 Å². The van der Waals surface area contributed by atoms with Crippen LogP contribution in [0.3, 0.4) is 0 Å². The molecule has 0 aromatic heterocycles. The smallest absolute Gasteiger partial charge is 0.191 e. The number of hydrogen-bond acceptors (Lipinski definition) is 4. The normalized spacial score (nSPS) is 25.8. The van der Waals surface area contributed by atoms with Crippen LogP contribution in [0.15, 0.2) is 29.3 Å². The van der Waals surface area contributed by atoms with E-state index in [2.05, 4.69) is 29.0 Å². The summed E-state index contributed by atoms with van der Waals surface area (Å²) < 4.78 is 10.7. The van der Waals surface area contributed by atoms with E-state index >= 15 is 0 Å². The number of ether oxygens (including phenoxy) is 2. The second-order valence-electron chi connectivity index (χ2n) is 6.90. The van der Waals surface area contributed by atoms with Crippen LogP contribution in [-0.4, -0.2) is 69.3 Å². The number of nitrogens with zero attached hydrogens (tertiary/aromatic N) is 3. The Morgan fingerprint density at radius 2 is 1.96 bits per heavy atom. The summed E-state index contributed by atoms with van der Waals surface area (Å²) in [5.74, 6) is 2.03. The minimum Gasteiger partial charge on any atom is -0.497 e. The summed E-state index contributed by atoms with van der Waals surface area (Å²) in [6.07, 6.45) is 2.39. The molecule has 2 aliphatic rings. The highest BCUT2D eigenvalue weighted by atomic mass is 16.5. The van der Waals surface area contributed by atoms with Gasteiger partial charge in [-0.2, -0.15) is 0 Å². The summed E-state index contributed by atoms with van der Waals surface area (Å²) in [7, 11) is 3.91. The van der Waals surface area contributed by atoms with E-state index in [1.54, 1.807) is 7.11 Å². The molecule has 6 heteroatoms. The first-order valence-corrected chi connectivity index (χ1v) is 9.16. The molecule has 2 N–H and O–H groups in total. The van der Waals surface area contributed by atoms with Crippen molar-refractivity contribution in [3.63, 3.8) is 0 Å². The van der Waals surface area contributed by atoms with E-state index in [1.807, 2.05) is 12.1 Å². The molecule has 0 saturated carbocycles. The lowest BCUT2D eigenvalue weighted by atomic mass is 9.85. The van der Waals surface area contributed by atoms with Gasteiger partial charge in [-0.3, -0.25) is 9.89 Å². The number of benzene rings is 1. The van der Waals surface area contributed by atoms with Gasteiger partial charge in [0.1, 0.15) is 5.75 Å². The second kappa shape index (κ2) is 8.54. The van der Waals surface area contributed by atoms with E-state index < -0.39 is 0 Å². The third kappa shape index (κ3) is 4.44. The lowest BCUT2D eigenvalue weighted by Crippen LogP contribution is -2.45. The minimum atomic E-state index is 0.376. The number of piperidine rings is 1. The third-order valence-corrected chi connectivity index (χ3v) is 5.29. The number of methoxy groups -OCH3 is 1. The van der Waals surface area contributed by atoms with E-state index in [0.717, 1.165) is 45.1 Å². The van der Waals surface area contributed by atoms with Crippen molar-refractivity contribution >= 4 is 5.96 Å². The maximum Gasteiger partial charge on any atom is 0.191 e. The van der Waals surface area contributed by atoms with Gasteiger partial charge in [0.05, 0.1) is 20.3 Å². The number of morpholine rings is 1. The Labute approximate surface area is 150 Å². The molecule has 0 aliphatic carbocycles. The number of rotatable bonds is 4.